The number of amides is 2. The van der Waals surface area contributed by atoms with E-state index in [-0.39, 0.29) is 11.4 Å². The zero-order chi connectivity index (χ0) is 22.8. The van der Waals surface area contributed by atoms with Gasteiger partial charge >= 0.3 is 0 Å². The number of hydrogen-bond donors (Lipinski definition) is 2. The van der Waals surface area contributed by atoms with Crippen molar-refractivity contribution in [1.29, 1.82) is 0 Å². The van der Waals surface area contributed by atoms with E-state index in [1.807, 2.05) is 37.2 Å². The molecule has 2 N–H and O–H groups in total. The summed E-state index contributed by atoms with van der Waals surface area (Å²) in [4.78, 5) is 27.4. The van der Waals surface area contributed by atoms with Crippen LogP contribution in [0.5, 0.6) is 0 Å². The van der Waals surface area contributed by atoms with Crippen molar-refractivity contribution < 1.29 is 22.8 Å². The van der Waals surface area contributed by atoms with E-state index in [0.29, 0.717) is 29.1 Å². The molecule has 0 saturated carbocycles. The van der Waals surface area contributed by atoms with Crippen LogP contribution in [-0.4, -0.2) is 30.8 Å². The number of hydrogen-bond acceptors (Lipinski definition) is 5. The van der Waals surface area contributed by atoms with Gasteiger partial charge in [0, 0.05) is 23.2 Å². The smallest absolute Gasteiger partial charge is 0.291 e. The number of anilines is 2. The third-order valence-corrected chi connectivity index (χ3v) is 4.95. The van der Waals surface area contributed by atoms with Crippen LogP contribution in [0.4, 0.5) is 15.8 Å². The van der Waals surface area contributed by atoms with Gasteiger partial charge in [-0.15, -0.1) is 0 Å². The Labute approximate surface area is 183 Å². The van der Waals surface area contributed by atoms with Crippen LogP contribution in [0.1, 0.15) is 32.2 Å². The van der Waals surface area contributed by atoms with Gasteiger partial charge in [-0.25, -0.2) is 4.39 Å². The fourth-order valence-electron chi connectivity index (χ4n) is 3.45. The molecule has 0 atom stereocenters. The van der Waals surface area contributed by atoms with Crippen molar-refractivity contribution >= 4 is 34.2 Å². The van der Waals surface area contributed by atoms with Crippen LogP contribution in [0.15, 0.2) is 63.6 Å². The van der Waals surface area contributed by atoms with Crippen LogP contribution in [0.25, 0.3) is 11.0 Å². The van der Waals surface area contributed by atoms with Gasteiger partial charge in [-0.05, 0) is 51.4 Å². The van der Waals surface area contributed by atoms with Crippen LogP contribution in [0, 0.1) is 12.7 Å². The maximum absolute atomic E-state index is 14.3. The molecule has 2 heterocycles. The molecule has 0 radical (unpaired) electrons. The largest absolute Gasteiger partial charge is 0.469 e. The highest BCUT2D eigenvalue weighted by atomic mass is 19.1. The Balaban J connectivity index is 1.60. The number of halogens is 1. The first kappa shape index (κ1) is 21.3. The molecule has 7 nitrogen and oxygen atoms in total. The van der Waals surface area contributed by atoms with Gasteiger partial charge in [0.25, 0.3) is 11.8 Å². The molecule has 0 fully saturated rings. The fourth-order valence-corrected chi connectivity index (χ4v) is 3.45. The Morgan fingerprint density at radius 1 is 1.03 bits per heavy atom. The lowest BCUT2D eigenvalue weighted by Crippen LogP contribution is -2.17. The minimum Gasteiger partial charge on any atom is -0.469 e. The summed E-state index contributed by atoms with van der Waals surface area (Å²) < 4.78 is 25.2. The monoisotopic (exact) mass is 435 g/mol. The van der Waals surface area contributed by atoms with E-state index in [9.17, 15) is 14.0 Å². The minimum absolute atomic E-state index is 0.0634. The molecule has 4 aromatic rings. The quantitative estimate of drug-likeness (QED) is 0.443. The van der Waals surface area contributed by atoms with Crippen LogP contribution < -0.4 is 10.6 Å². The maximum atomic E-state index is 14.3. The van der Waals surface area contributed by atoms with Gasteiger partial charge in [-0.3, -0.25) is 9.59 Å². The first-order valence-corrected chi connectivity index (χ1v) is 9.95. The lowest BCUT2D eigenvalue weighted by atomic mass is 10.1. The van der Waals surface area contributed by atoms with Crippen molar-refractivity contribution in [2.45, 2.75) is 13.5 Å². The number of aryl methyl sites for hydroxylation is 1. The SMILES string of the molecule is Cc1occc1C(=O)Nc1cc(NC(=O)c2oc3ccccc3c2CN(C)C)ccc1F. The van der Waals surface area contributed by atoms with E-state index in [4.69, 9.17) is 8.83 Å². The van der Waals surface area contributed by atoms with Crippen LogP contribution in [0.3, 0.4) is 0 Å². The zero-order valence-corrected chi connectivity index (χ0v) is 17.9. The Hall–Kier alpha value is -3.91. The molecule has 2 aromatic carbocycles. The number of fused-ring (bicyclic) bond motifs is 1. The second-order valence-electron chi connectivity index (χ2n) is 7.64. The maximum Gasteiger partial charge on any atom is 0.291 e. The van der Waals surface area contributed by atoms with Crippen molar-refractivity contribution in [3.63, 3.8) is 0 Å². The van der Waals surface area contributed by atoms with Gasteiger partial charge < -0.3 is 24.4 Å². The third-order valence-electron chi connectivity index (χ3n) is 4.95. The van der Waals surface area contributed by atoms with E-state index < -0.39 is 17.6 Å². The van der Waals surface area contributed by atoms with E-state index in [0.717, 1.165) is 10.9 Å². The van der Waals surface area contributed by atoms with Crippen LogP contribution in [0.2, 0.25) is 0 Å². The van der Waals surface area contributed by atoms with Gasteiger partial charge in [0.2, 0.25) is 0 Å². The van der Waals surface area contributed by atoms with E-state index in [1.54, 1.807) is 13.0 Å². The van der Waals surface area contributed by atoms with Gasteiger partial charge in [0.1, 0.15) is 17.2 Å². The van der Waals surface area contributed by atoms with Crippen molar-refractivity contribution in [3.05, 3.63) is 83.3 Å². The zero-order valence-electron chi connectivity index (χ0n) is 17.9. The van der Waals surface area contributed by atoms with Gasteiger partial charge in [0.05, 0.1) is 17.5 Å². The third kappa shape index (κ3) is 4.26. The van der Waals surface area contributed by atoms with E-state index >= 15 is 0 Å². The molecular formula is C24H22FN3O4. The van der Waals surface area contributed by atoms with Gasteiger partial charge in [-0.1, -0.05) is 18.2 Å². The lowest BCUT2D eigenvalue weighted by molar-refractivity contribution is 0.0994. The predicted molar refractivity (Wildman–Crippen MR) is 119 cm³/mol. The molecule has 0 aliphatic rings. The Morgan fingerprint density at radius 2 is 1.81 bits per heavy atom. The molecule has 0 aliphatic carbocycles. The molecule has 0 unspecified atom stereocenters. The highest BCUT2D eigenvalue weighted by molar-refractivity contribution is 6.08. The number of rotatable bonds is 6. The molecule has 8 heteroatoms. The molecule has 2 aromatic heterocycles. The average molecular weight is 435 g/mol. The Morgan fingerprint density at radius 3 is 2.53 bits per heavy atom. The van der Waals surface area contributed by atoms with Crippen molar-refractivity contribution in [2.24, 2.45) is 0 Å². The fraction of sp³-hybridized carbons (Fsp3) is 0.167. The summed E-state index contributed by atoms with van der Waals surface area (Å²) in [7, 11) is 3.81. The van der Waals surface area contributed by atoms with Crippen molar-refractivity contribution in [1.82, 2.24) is 4.90 Å². The normalized spacial score (nSPS) is 11.2. The first-order valence-electron chi connectivity index (χ1n) is 9.95. The summed E-state index contributed by atoms with van der Waals surface area (Å²) in [6.45, 7) is 2.15. The number of carbonyl (C=O) groups excluding carboxylic acids is 2. The summed E-state index contributed by atoms with van der Waals surface area (Å²) in [5.41, 5.74) is 1.92. The molecule has 0 bridgehead atoms. The molecular weight excluding hydrogens is 413 g/mol. The summed E-state index contributed by atoms with van der Waals surface area (Å²) in [5.74, 6) is -0.999. The molecule has 4 rings (SSSR count). The second-order valence-corrected chi connectivity index (χ2v) is 7.64. The number of nitrogens with one attached hydrogen (secondary N) is 2. The molecule has 2 amide bonds. The number of benzene rings is 2. The molecule has 164 valence electrons. The van der Waals surface area contributed by atoms with Crippen LogP contribution >= 0.6 is 0 Å². The first-order chi connectivity index (χ1) is 15.3. The highest BCUT2D eigenvalue weighted by Gasteiger charge is 2.22. The number of carbonyl (C=O) groups is 2. The molecule has 32 heavy (non-hydrogen) atoms. The molecule has 0 spiro atoms. The second kappa shape index (κ2) is 8.68. The van der Waals surface area contributed by atoms with Gasteiger partial charge in [-0.2, -0.15) is 0 Å². The summed E-state index contributed by atoms with van der Waals surface area (Å²) in [6, 6.07) is 12.9. The molecule has 0 aliphatic heterocycles. The Kier molecular flexibility index (Phi) is 5.79. The highest BCUT2D eigenvalue weighted by Crippen LogP contribution is 2.28. The van der Waals surface area contributed by atoms with Gasteiger partial charge in [0.15, 0.2) is 5.76 Å². The predicted octanol–water partition coefficient (Wildman–Crippen LogP) is 5.04. The summed E-state index contributed by atoms with van der Waals surface area (Å²) in [6.07, 6.45) is 1.38. The average Bonchev–Trinajstić information content (AvgIpc) is 3.34. The Bertz CT molecular complexity index is 1310. The number of nitrogens with zero attached hydrogens (tertiary/aromatic N) is 1. The summed E-state index contributed by atoms with van der Waals surface area (Å²) >= 11 is 0. The van der Waals surface area contributed by atoms with Crippen molar-refractivity contribution in [2.75, 3.05) is 24.7 Å². The number of para-hydroxylation sites is 1. The topological polar surface area (TPSA) is 87.7 Å². The minimum atomic E-state index is -0.630. The summed E-state index contributed by atoms with van der Waals surface area (Å²) in [5, 5.41) is 6.10. The van der Waals surface area contributed by atoms with Crippen molar-refractivity contribution in [3.8, 4) is 0 Å². The van der Waals surface area contributed by atoms with E-state index in [1.165, 1.54) is 30.5 Å². The standard InChI is InChI=1S/C24H22FN3O4/c1-14-16(10-11-31-14)23(29)27-20-12-15(8-9-19(20)25)26-24(30)22-18(13-28(2)3)17-6-4-5-7-21(17)32-22/h4-12H,13H2,1-3H3,(H,26,30)(H,27,29). The molecule has 0 saturated heterocycles. The lowest BCUT2D eigenvalue weighted by Gasteiger charge is -2.11. The number of furan rings is 2. The van der Waals surface area contributed by atoms with E-state index in [2.05, 4.69) is 10.6 Å². The van der Waals surface area contributed by atoms with Crippen LogP contribution in [-0.2, 0) is 6.54 Å².